The molecule has 0 unspecified atom stereocenters. The van der Waals surface area contributed by atoms with E-state index >= 15 is 0 Å². The normalized spacial score (nSPS) is 10.5. The van der Waals surface area contributed by atoms with Crippen molar-refractivity contribution >= 4 is 34.0 Å². The van der Waals surface area contributed by atoms with Gasteiger partial charge in [-0.3, -0.25) is 9.78 Å². The molecule has 0 aliphatic carbocycles. The molecule has 2 aromatic carbocycles. The lowest BCUT2D eigenvalue weighted by molar-refractivity contribution is 0.102. The van der Waals surface area contributed by atoms with Gasteiger partial charge in [0.2, 0.25) is 0 Å². The van der Waals surface area contributed by atoms with E-state index in [-0.39, 0.29) is 5.91 Å². The largest absolute Gasteiger partial charge is 0.496 e. The van der Waals surface area contributed by atoms with Crippen LogP contribution in [0, 0.1) is 0 Å². The molecule has 0 fully saturated rings. The van der Waals surface area contributed by atoms with Crippen LogP contribution < -0.4 is 15.4 Å². The molecule has 0 spiro atoms. The Morgan fingerprint density at radius 3 is 2.61 bits per heavy atom. The molecule has 28 heavy (non-hydrogen) atoms. The average Bonchev–Trinajstić information content (AvgIpc) is 2.75. The smallest absolute Gasteiger partial charge is 0.260 e. The van der Waals surface area contributed by atoms with Crippen molar-refractivity contribution in [2.45, 2.75) is 0 Å². The summed E-state index contributed by atoms with van der Waals surface area (Å²) in [6.07, 6.45) is 3.43. The van der Waals surface area contributed by atoms with Crippen LogP contribution in [0.1, 0.15) is 10.4 Å². The van der Waals surface area contributed by atoms with Gasteiger partial charge >= 0.3 is 0 Å². The number of anilines is 3. The highest BCUT2D eigenvalue weighted by molar-refractivity contribution is 6.05. The Balaban J connectivity index is 1.50. The molecule has 0 radical (unpaired) electrons. The number of carbonyl (C=O) groups excluding carboxylic acids is 1. The van der Waals surface area contributed by atoms with Crippen molar-refractivity contribution < 1.29 is 9.53 Å². The molecule has 2 N–H and O–H groups in total. The fraction of sp³-hybridized carbons (Fsp3) is 0.0455. The number of hydrogen-bond acceptors (Lipinski definition) is 5. The van der Waals surface area contributed by atoms with E-state index in [2.05, 4.69) is 20.6 Å². The number of para-hydroxylation sites is 2. The topological polar surface area (TPSA) is 76.1 Å². The van der Waals surface area contributed by atoms with Gasteiger partial charge in [-0.2, -0.15) is 0 Å². The van der Waals surface area contributed by atoms with E-state index in [4.69, 9.17) is 4.74 Å². The second kappa shape index (κ2) is 7.75. The molecule has 0 aliphatic rings. The molecule has 0 atom stereocenters. The van der Waals surface area contributed by atoms with Gasteiger partial charge in [0.25, 0.3) is 5.91 Å². The Kier molecular flexibility index (Phi) is 4.84. The van der Waals surface area contributed by atoms with Gasteiger partial charge in [-0.25, -0.2) is 4.98 Å². The number of benzene rings is 2. The molecule has 6 nitrogen and oxygen atoms in total. The molecule has 0 bridgehead atoms. The number of nitrogens with zero attached hydrogens (tertiary/aromatic N) is 2. The van der Waals surface area contributed by atoms with Crippen LogP contribution in [0.15, 0.2) is 79.1 Å². The fourth-order valence-corrected chi connectivity index (χ4v) is 2.92. The van der Waals surface area contributed by atoms with Crippen LogP contribution in [0.3, 0.4) is 0 Å². The number of aromatic nitrogens is 2. The minimum atomic E-state index is -0.274. The Hall–Kier alpha value is -3.93. The maximum atomic E-state index is 12.5. The van der Waals surface area contributed by atoms with Gasteiger partial charge in [0, 0.05) is 11.6 Å². The number of nitrogens with one attached hydrogen (secondary N) is 2. The summed E-state index contributed by atoms with van der Waals surface area (Å²) in [7, 11) is 1.53. The van der Waals surface area contributed by atoms with Crippen molar-refractivity contribution in [2.24, 2.45) is 0 Å². The monoisotopic (exact) mass is 370 g/mol. The van der Waals surface area contributed by atoms with E-state index in [9.17, 15) is 4.79 Å². The molecule has 138 valence electrons. The summed E-state index contributed by atoms with van der Waals surface area (Å²) in [4.78, 5) is 21.2. The predicted molar refractivity (Wildman–Crippen MR) is 110 cm³/mol. The summed E-state index contributed by atoms with van der Waals surface area (Å²) in [5, 5.41) is 7.16. The number of fused-ring (bicyclic) bond motifs is 1. The number of methoxy groups -OCH3 is 1. The van der Waals surface area contributed by atoms with Crippen LogP contribution in [-0.4, -0.2) is 23.0 Å². The summed E-state index contributed by atoms with van der Waals surface area (Å²) >= 11 is 0. The second-order valence-electron chi connectivity index (χ2n) is 6.09. The molecule has 4 rings (SSSR count). The van der Waals surface area contributed by atoms with Gasteiger partial charge in [0.1, 0.15) is 11.6 Å². The molecule has 2 heterocycles. The zero-order valence-corrected chi connectivity index (χ0v) is 15.2. The first-order valence-electron chi connectivity index (χ1n) is 8.76. The van der Waals surface area contributed by atoms with Crippen molar-refractivity contribution in [1.82, 2.24) is 9.97 Å². The molecule has 1 amide bonds. The van der Waals surface area contributed by atoms with Crippen molar-refractivity contribution in [1.29, 1.82) is 0 Å². The zero-order chi connectivity index (χ0) is 19.3. The molecule has 2 aromatic heterocycles. The van der Waals surface area contributed by atoms with Crippen molar-refractivity contribution in [3.63, 3.8) is 0 Å². The number of rotatable bonds is 5. The first-order valence-corrected chi connectivity index (χ1v) is 8.76. The third-order valence-corrected chi connectivity index (χ3v) is 4.27. The van der Waals surface area contributed by atoms with E-state index in [0.717, 1.165) is 22.3 Å². The number of hydrogen-bond donors (Lipinski definition) is 2. The maximum absolute atomic E-state index is 12.5. The van der Waals surface area contributed by atoms with Crippen LogP contribution in [0.2, 0.25) is 0 Å². The molecular formula is C22H18N4O2. The summed E-state index contributed by atoms with van der Waals surface area (Å²) < 4.78 is 5.23. The van der Waals surface area contributed by atoms with E-state index < -0.39 is 0 Å². The van der Waals surface area contributed by atoms with E-state index in [1.54, 1.807) is 36.7 Å². The predicted octanol–water partition coefficient (Wildman–Crippen LogP) is 4.63. The standard InChI is InChI=1S/C22H18N4O2/c1-28-19-10-3-2-8-17(19)22(27)26-20-12-11-16(14-24-20)25-18-9-4-6-15-7-5-13-23-21(15)18/h2-14,25H,1H3,(H,24,26,27). The lowest BCUT2D eigenvalue weighted by Gasteiger charge is -2.11. The van der Waals surface area contributed by atoms with Crippen molar-refractivity contribution in [2.75, 3.05) is 17.7 Å². The van der Waals surface area contributed by atoms with Gasteiger partial charge in [-0.05, 0) is 36.4 Å². The lowest BCUT2D eigenvalue weighted by Crippen LogP contribution is -2.14. The summed E-state index contributed by atoms with van der Waals surface area (Å²) in [6.45, 7) is 0. The Morgan fingerprint density at radius 2 is 1.79 bits per heavy atom. The van der Waals surface area contributed by atoms with E-state index in [1.165, 1.54) is 7.11 Å². The van der Waals surface area contributed by atoms with Gasteiger partial charge in [0.05, 0.1) is 35.8 Å². The van der Waals surface area contributed by atoms with E-state index in [0.29, 0.717) is 17.1 Å². The van der Waals surface area contributed by atoms with Crippen LogP contribution in [0.4, 0.5) is 17.2 Å². The van der Waals surface area contributed by atoms with Crippen LogP contribution in [0.5, 0.6) is 5.75 Å². The SMILES string of the molecule is COc1ccccc1C(=O)Nc1ccc(Nc2cccc3cccnc23)cn1. The maximum Gasteiger partial charge on any atom is 0.260 e. The minimum absolute atomic E-state index is 0.274. The highest BCUT2D eigenvalue weighted by Crippen LogP contribution is 2.25. The first kappa shape index (κ1) is 17.5. The van der Waals surface area contributed by atoms with Crippen molar-refractivity contribution in [3.05, 3.63) is 84.7 Å². The fourth-order valence-electron chi connectivity index (χ4n) is 2.92. The highest BCUT2D eigenvalue weighted by Gasteiger charge is 2.12. The Labute approximate surface area is 162 Å². The van der Waals surface area contributed by atoms with E-state index in [1.807, 2.05) is 42.5 Å². The van der Waals surface area contributed by atoms with Gasteiger partial charge in [-0.1, -0.05) is 30.3 Å². The summed E-state index contributed by atoms with van der Waals surface area (Å²) in [5.41, 5.74) is 3.04. The van der Waals surface area contributed by atoms with Crippen molar-refractivity contribution in [3.8, 4) is 5.75 Å². The van der Waals surface area contributed by atoms with Crippen LogP contribution in [-0.2, 0) is 0 Å². The quantitative estimate of drug-likeness (QED) is 0.535. The molecule has 6 heteroatoms. The molecular weight excluding hydrogens is 352 g/mol. The third-order valence-electron chi connectivity index (χ3n) is 4.27. The lowest BCUT2D eigenvalue weighted by atomic mass is 10.2. The minimum Gasteiger partial charge on any atom is -0.496 e. The average molecular weight is 370 g/mol. The molecule has 0 aliphatic heterocycles. The molecule has 4 aromatic rings. The number of carbonyl (C=O) groups is 1. The van der Waals surface area contributed by atoms with Crippen LogP contribution >= 0.6 is 0 Å². The second-order valence-corrected chi connectivity index (χ2v) is 6.09. The summed E-state index contributed by atoms with van der Waals surface area (Å²) in [5.74, 6) is 0.697. The van der Waals surface area contributed by atoms with Gasteiger partial charge in [-0.15, -0.1) is 0 Å². The van der Waals surface area contributed by atoms with Crippen LogP contribution in [0.25, 0.3) is 10.9 Å². The highest BCUT2D eigenvalue weighted by atomic mass is 16.5. The third kappa shape index (κ3) is 3.61. The van der Waals surface area contributed by atoms with Gasteiger partial charge < -0.3 is 15.4 Å². The summed E-state index contributed by atoms with van der Waals surface area (Å²) in [6, 6.07) is 20.5. The first-order chi connectivity index (χ1) is 13.7. The Bertz CT molecular complexity index is 1120. The number of ether oxygens (including phenoxy) is 1. The zero-order valence-electron chi connectivity index (χ0n) is 15.2. The number of pyridine rings is 2. The Morgan fingerprint density at radius 1 is 0.929 bits per heavy atom. The van der Waals surface area contributed by atoms with Gasteiger partial charge in [0.15, 0.2) is 0 Å². The molecule has 0 saturated carbocycles. The molecule has 0 saturated heterocycles. The number of amides is 1.